The van der Waals surface area contributed by atoms with Gasteiger partial charge in [-0.2, -0.15) is 5.10 Å². The zero-order valence-electron chi connectivity index (χ0n) is 11.5. The van der Waals surface area contributed by atoms with Crippen molar-refractivity contribution in [3.8, 4) is 0 Å². The monoisotopic (exact) mass is 291 g/mol. The van der Waals surface area contributed by atoms with Crippen LogP contribution in [0, 0.1) is 12.8 Å². The van der Waals surface area contributed by atoms with Crippen molar-refractivity contribution in [1.82, 2.24) is 15.1 Å². The summed E-state index contributed by atoms with van der Waals surface area (Å²) in [5, 5.41) is 8.50. The van der Waals surface area contributed by atoms with Crippen LogP contribution in [0.2, 0.25) is 5.15 Å². The van der Waals surface area contributed by atoms with Crippen LogP contribution in [0.3, 0.4) is 0 Å². The second-order valence-corrected chi connectivity index (χ2v) is 5.48. The second-order valence-electron chi connectivity index (χ2n) is 4.74. The van der Waals surface area contributed by atoms with E-state index < -0.39 is 0 Å². The van der Waals surface area contributed by atoms with E-state index in [1.807, 2.05) is 14.0 Å². The van der Waals surface area contributed by atoms with Crippen LogP contribution in [-0.2, 0) is 13.6 Å². The number of nitrogens with zero attached hydrogens (tertiary/aromatic N) is 2. The lowest BCUT2D eigenvalue weighted by Gasteiger charge is -2.15. The van der Waals surface area contributed by atoms with Gasteiger partial charge in [0.15, 0.2) is 0 Å². The summed E-state index contributed by atoms with van der Waals surface area (Å²) in [6.07, 6.45) is 3.50. The minimum atomic E-state index is 0.656. The number of nitrogens with one attached hydrogen (secondary N) is 1. The van der Waals surface area contributed by atoms with Gasteiger partial charge in [-0.3, -0.25) is 4.68 Å². The standard InChI is InChI=1S/C13H23Cl2N3/c1-4-5-11(6-7-14)8-16-9-12-10(2)17-18(3)13(12)15/h11,16H,4-9H2,1-3H3. The maximum atomic E-state index is 6.19. The molecule has 3 nitrogen and oxygen atoms in total. The Morgan fingerprint density at radius 2 is 2.11 bits per heavy atom. The summed E-state index contributed by atoms with van der Waals surface area (Å²) in [5.74, 6) is 1.39. The molecule has 0 aliphatic carbocycles. The Morgan fingerprint density at radius 1 is 1.39 bits per heavy atom. The van der Waals surface area contributed by atoms with Crippen LogP contribution in [0.1, 0.15) is 37.4 Å². The fourth-order valence-electron chi connectivity index (χ4n) is 2.19. The Morgan fingerprint density at radius 3 is 2.61 bits per heavy atom. The molecule has 1 atom stereocenters. The predicted octanol–water partition coefficient (Wildman–Crippen LogP) is 3.52. The molecule has 1 heterocycles. The maximum absolute atomic E-state index is 6.19. The highest BCUT2D eigenvalue weighted by atomic mass is 35.5. The van der Waals surface area contributed by atoms with Crippen LogP contribution in [0.25, 0.3) is 0 Å². The molecule has 0 aliphatic rings. The number of halogens is 2. The molecule has 1 rings (SSSR count). The van der Waals surface area contributed by atoms with Gasteiger partial charge in [0.05, 0.1) is 5.69 Å². The highest BCUT2D eigenvalue weighted by Crippen LogP contribution is 2.18. The van der Waals surface area contributed by atoms with Gasteiger partial charge in [0.25, 0.3) is 0 Å². The van der Waals surface area contributed by atoms with E-state index in [1.54, 1.807) is 4.68 Å². The molecular formula is C13H23Cl2N3. The number of hydrogen-bond donors (Lipinski definition) is 1. The van der Waals surface area contributed by atoms with Crippen molar-refractivity contribution in [3.63, 3.8) is 0 Å². The second kappa shape index (κ2) is 8.03. The van der Waals surface area contributed by atoms with Gasteiger partial charge in [0.2, 0.25) is 0 Å². The van der Waals surface area contributed by atoms with Crippen LogP contribution >= 0.6 is 23.2 Å². The first-order chi connectivity index (χ1) is 8.60. The van der Waals surface area contributed by atoms with Crippen molar-refractivity contribution in [3.05, 3.63) is 16.4 Å². The summed E-state index contributed by atoms with van der Waals surface area (Å²) in [4.78, 5) is 0. The van der Waals surface area contributed by atoms with Crippen LogP contribution in [0.5, 0.6) is 0 Å². The fraction of sp³-hybridized carbons (Fsp3) is 0.769. The summed E-state index contributed by atoms with van der Waals surface area (Å²) in [6, 6.07) is 0. The van der Waals surface area contributed by atoms with E-state index in [9.17, 15) is 0 Å². The highest BCUT2D eigenvalue weighted by Gasteiger charge is 2.12. The maximum Gasteiger partial charge on any atom is 0.131 e. The molecule has 0 aliphatic heterocycles. The zero-order chi connectivity index (χ0) is 13.5. The lowest BCUT2D eigenvalue weighted by atomic mass is 10.0. The van der Waals surface area contributed by atoms with Crippen molar-refractivity contribution in [1.29, 1.82) is 0 Å². The molecule has 0 spiro atoms. The highest BCUT2D eigenvalue weighted by molar-refractivity contribution is 6.30. The molecule has 5 heteroatoms. The van der Waals surface area contributed by atoms with Gasteiger partial charge in [-0.05, 0) is 32.2 Å². The fourth-order valence-corrected chi connectivity index (χ4v) is 2.74. The molecule has 0 fully saturated rings. The molecule has 0 radical (unpaired) electrons. The van der Waals surface area contributed by atoms with Crippen LogP contribution in [0.4, 0.5) is 0 Å². The third-order valence-electron chi connectivity index (χ3n) is 3.22. The minimum Gasteiger partial charge on any atom is -0.312 e. The van der Waals surface area contributed by atoms with E-state index >= 15 is 0 Å². The Hall–Kier alpha value is -0.250. The first-order valence-corrected chi connectivity index (χ1v) is 7.46. The lowest BCUT2D eigenvalue weighted by Crippen LogP contribution is -2.23. The van der Waals surface area contributed by atoms with Crippen molar-refractivity contribution in [2.24, 2.45) is 13.0 Å². The Kier molecular flexibility index (Phi) is 7.05. The quantitative estimate of drug-likeness (QED) is 0.743. The van der Waals surface area contributed by atoms with Crippen LogP contribution in [0.15, 0.2) is 0 Å². The zero-order valence-corrected chi connectivity index (χ0v) is 13.0. The minimum absolute atomic E-state index is 0.656. The smallest absolute Gasteiger partial charge is 0.131 e. The summed E-state index contributed by atoms with van der Waals surface area (Å²) < 4.78 is 1.72. The van der Waals surface area contributed by atoms with E-state index in [4.69, 9.17) is 23.2 Å². The van der Waals surface area contributed by atoms with Gasteiger partial charge < -0.3 is 5.32 Å². The third kappa shape index (κ3) is 4.45. The van der Waals surface area contributed by atoms with E-state index in [1.165, 1.54) is 12.8 Å². The Bertz CT molecular complexity index is 357. The molecule has 0 saturated carbocycles. The number of rotatable bonds is 8. The Labute approximate surface area is 120 Å². The number of aryl methyl sites for hydroxylation is 2. The predicted molar refractivity (Wildman–Crippen MR) is 78.4 cm³/mol. The molecule has 1 unspecified atom stereocenters. The van der Waals surface area contributed by atoms with Gasteiger partial charge in [-0.1, -0.05) is 24.9 Å². The SMILES string of the molecule is CCCC(CCCl)CNCc1c(C)nn(C)c1Cl. The molecule has 0 bridgehead atoms. The summed E-state index contributed by atoms with van der Waals surface area (Å²) >= 11 is 12.0. The summed E-state index contributed by atoms with van der Waals surface area (Å²) in [5.41, 5.74) is 2.10. The van der Waals surface area contributed by atoms with Gasteiger partial charge in [0, 0.05) is 25.0 Å². The number of alkyl halides is 1. The molecule has 104 valence electrons. The molecule has 18 heavy (non-hydrogen) atoms. The largest absolute Gasteiger partial charge is 0.312 e. The third-order valence-corrected chi connectivity index (χ3v) is 3.91. The van der Waals surface area contributed by atoms with Crippen molar-refractivity contribution < 1.29 is 0 Å². The van der Waals surface area contributed by atoms with Crippen molar-refractivity contribution in [2.45, 2.75) is 39.7 Å². The molecule has 1 aromatic rings. The first-order valence-electron chi connectivity index (χ1n) is 6.54. The van der Waals surface area contributed by atoms with E-state index in [0.29, 0.717) is 5.92 Å². The molecule has 1 N–H and O–H groups in total. The topological polar surface area (TPSA) is 29.9 Å². The number of hydrogen-bond acceptors (Lipinski definition) is 2. The van der Waals surface area contributed by atoms with E-state index in [0.717, 1.165) is 41.8 Å². The molecular weight excluding hydrogens is 269 g/mol. The normalized spacial score (nSPS) is 12.9. The van der Waals surface area contributed by atoms with E-state index in [2.05, 4.69) is 17.3 Å². The van der Waals surface area contributed by atoms with Crippen LogP contribution < -0.4 is 5.32 Å². The lowest BCUT2D eigenvalue weighted by molar-refractivity contribution is 0.430. The molecule has 0 saturated heterocycles. The Balaban J connectivity index is 2.44. The summed E-state index contributed by atoms with van der Waals surface area (Å²) in [6.45, 7) is 5.97. The average molecular weight is 292 g/mol. The van der Waals surface area contributed by atoms with Crippen molar-refractivity contribution in [2.75, 3.05) is 12.4 Å². The first kappa shape index (κ1) is 15.8. The van der Waals surface area contributed by atoms with Gasteiger partial charge in [-0.25, -0.2) is 0 Å². The van der Waals surface area contributed by atoms with Gasteiger partial charge in [0.1, 0.15) is 5.15 Å². The molecule has 0 aromatic carbocycles. The summed E-state index contributed by atoms with van der Waals surface area (Å²) in [7, 11) is 1.87. The van der Waals surface area contributed by atoms with Crippen molar-refractivity contribution >= 4 is 23.2 Å². The van der Waals surface area contributed by atoms with Gasteiger partial charge >= 0.3 is 0 Å². The molecule has 0 amide bonds. The van der Waals surface area contributed by atoms with Gasteiger partial charge in [-0.15, -0.1) is 11.6 Å². The average Bonchev–Trinajstić information content (AvgIpc) is 2.56. The number of aromatic nitrogens is 2. The van der Waals surface area contributed by atoms with E-state index in [-0.39, 0.29) is 0 Å². The van der Waals surface area contributed by atoms with Crippen LogP contribution in [-0.4, -0.2) is 22.2 Å². The molecule has 1 aromatic heterocycles.